The maximum Gasteiger partial charge on any atom is 0.194 e. The summed E-state index contributed by atoms with van der Waals surface area (Å²) in [4.78, 5) is 13.9. The van der Waals surface area contributed by atoms with Crippen LogP contribution in [0.1, 0.15) is 19.2 Å². The Kier molecular flexibility index (Phi) is 8.37. The number of guanidine groups is 1. The van der Waals surface area contributed by atoms with Crippen molar-refractivity contribution in [2.75, 3.05) is 52.5 Å². The van der Waals surface area contributed by atoms with Gasteiger partial charge in [0.2, 0.25) is 0 Å². The van der Waals surface area contributed by atoms with Crippen LogP contribution in [0.4, 0.5) is 0 Å². The van der Waals surface area contributed by atoms with E-state index in [1.54, 1.807) is 11.0 Å². The van der Waals surface area contributed by atoms with E-state index in [1.807, 2.05) is 7.05 Å². The van der Waals surface area contributed by atoms with Crippen molar-refractivity contribution >= 4 is 29.9 Å². The minimum Gasteiger partial charge on any atom is -0.379 e. The molecule has 1 aromatic rings. The van der Waals surface area contributed by atoms with Crippen molar-refractivity contribution in [1.82, 2.24) is 29.9 Å². The summed E-state index contributed by atoms with van der Waals surface area (Å²) in [6.07, 6.45) is 2.80. The van der Waals surface area contributed by atoms with Gasteiger partial charge in [0.1, 0.15) is 18.7 Å². The standard InChI is InChI=1S/C16H29N7O.HI/c1-3-17-16(18-10-15-19-13-20-21(15)2)23-5-4-14(12-23)11-22-6-8-24-9-7-22;/h13-14H,3-12H2,1-2H3,(H,17,18);1H. The lowest BCUT2D eigenvalue weighted by Gasteiger charge is -2.29. The Morgan fingerprint density at radius 2 is 2.16 bits per heavy atom. The lowest BCUT2D eigenvalue weighted by molar-refractivity contribution is 0.0315. The molecule has 0 spiro atoms. The molecule has 0 bridgehead atoms. The molecule has 0 aliphatic carbocycles. The number of rotatable bonds is 5. The van der Waals surface area contributed by atoms with E-state index in [2.05, 4.69) is 32.1 Å². The third-order valence-corrected chi connectivity index (χ3v) is 4.72. The number of nitrogens with zero attached hydrogens (tertiary/aromatic N) is 6. The number of morpholine rings is 1. The third-order valence-electron chi connectivity index (χ3n) is 4.72. The quantitative estimate of drug-likeness (QED) is 0.391. The monoisotopic (exact) mass is 463 g/mol. The molecule has 25 heavy (non-hydrogen) atoms. The summed E-state index contributed by atoms with van der Waals surface area (Å²) in [6, 6.07) is 0. The van der Waals surface area contributed by atoms with E-state index < -0.39 is 0 Å². The fraction of sp³-hybridized carbons (Fsp3) is 0.812. The zero-order valence-electron chi connectivity index (χ0n) is 15.2. The SMILES string of the molecule is CCNC(=NCc1ncnn1C)N1CCC(CN2CCOCC2)C1.I. The Hall–Kier alpha value is -0.940. The second-order valence-corrected chi connectivity index (χ2v) is 6.48. The average Bonchev–Trinajstić information content (AvgIpc) is 3.22. The van der Waals surface area contributed by atoms with Gasteiger partial charge in [0, 0.05) is 46.3 Å². The summed E-state index contributed by atoms with van der Waals surface area (Å²) in [5, 5.41) is 7.52. The van der Waals surface area contributed by atoms with Crippen LogP contribution < -0.4 is 5.32 Å². The molecule has 2 fully saturated rings. The van der Waals surface area contributed by atoms with E-state index in [9.17, 15) is 0 Å². The molecule has 2 aliphatic rings. The molecule has 142 valence electrons. The largest absolute Gasteiger partial charge is 0.379 e. The van der Waals surface area contributed by atoms with Crippen LogP contribution in [0.25, 0.3) is 0 Å². The number of aliphatic imine (C=N–C) groups is 1. The number of ether oxygens (including phenoxy) is 1. The van der Waals surface area contributed by atoms with Crippen LogP contribution in [-0.2, 0) is 18.3 Å². The summed E-state index contributed by atoms with van der Waals surface area (Å²) in [7, 11) is 1.90. The zero-order valence-corrected chi connectivity index (χ0v) is 17.6. The highest BCUT2D eigenvalue weighted by atomic mass is 127. The minimum atomic E-state index is 0. The number of aryl methyl sites for hydroxylation is 1. The Morgan fingerprint density at radius 3 is 2.84 bits per heavy atom. The number of nitrogens with one attached hydrogen (secondary N) is 1. The summed E-state index contributed by atoms with van der Waals surface area (Å²) >= 11 is 0. The van der Waals surface area contributed by atoms with Gasteiger partial charge in [-0.05, 0) is 19.3 Å². The Labute approximate surface area is 167 Å². The highest BCUT2D eigenvalue weighted by Gasteiger charge is 2.27. The lowest BCUT2D eigenvalue weighted by atomic mass is 10.1. The van der Waals surface area contributed by atoms with Gasteiger partial charge >= 0.3 is 0 Å². The summed E-state index contributed by atoms with van der Waals surface area (Å²) < 4.78 is 7.21. The van der Waals surface area contributed by atoms with Crippen LogP contribution in [0.3, 0.4) is 0 Å². The number of hydrogen-bond donors (Lipinski definition) is 1. The number of aromatic nitrogens is 3. The van der Waals surface area contributed by atoms with Gasteiger partial charge in [-0.3, -0.25) is 9.58 Å². The van der Waals surface area contributed by atoms with Crippen LogP contribution in [0, 0.1) is 5.92 Å². The van der Waals surface area contributed by atoms with Crippen molar-refractivity contribution in [3.8, 4) is 0 Å². The molecule has 1 aromatic heterocycles. The molecule has 1 N–H and O–H groups in total. The molecule has 1 unspecified atom stereocenters. The highest BCUT2D eigenvalue weighted by Crippen LogP contribution is 2.18. The Morgan fingerprint density at radius 1 is 1.36 bits per heavy atom. The average molecular weight is 463 g/mol. The van der Waals surface area contributed by atoms with E-state index >= 15 is 0 Å². The molecule has 3 rings (SSSR count). The van der Waals surface area contributed by atoms with Gasteiger partial charge in [0.15, 0.2) is 5.96 Å². The minimum absolute atomic E-state index is 0. The molecule has 9 heteroatoms. The fourth-order valence-electron chi connectivity index (χ4n) is 3.36. The molecule has 3 heterocycles. The zero-order chi connectivity index (χ0) is 16.8. The molecule has 8 nitrogen and oxygen atoms in total. The molecular formula is C16H30IN7O. The van der Waals surface area contributed by atoms with Gasteiger partial charge in [0.25, 0.3) is 0 Å². The van der Waals surface area contributed by atoms with Crippen LogP contribution in [-0.4, -0.2) is 83.0 Å². The maximum atomic E-state index is 5.44. The second kappa shape index (κ2) is 10.3. The van der Waals surface area contributed by atoms with Gasteiger partial charge in [-0.2, -0.15) is 5.10 Å². The van der Waals surface area contributed by atoms with Gasteiger partial charge in [-0.1, -0.05) is 0 Å². The van der Waals surface area contributed by atoms with Crippen LogP contribution >= 0.6 is 24.0 Å². The lowest BCUT2D eigenvalue weighted by Crippen LogP contribution is -2.42. The van der Waals surface area contributed by atoms with Crippen molar-refractivity contribution in [2.45, 2.75) is 19.9 Å². The first-order valence-corrected chi connectivity index (χ1v) is 8.92. The van der Waals surface area contributed by atoms with Gasteiger partial charge in [-0.15, -0.1) is 24.0 Å². The van der Waals surface area contributed by atoms with Crippen molar-refractivity contribution in [1.29, 1.82) is 0 Å². The summed E-state index contributed by atoms with van der Waals surface area (Å²) in [5.41, 5.74) is 0. The summed E-state index contributed by atoms with van der Waals surface area (Å²) in [5.74, 6) is 2.58. The van der Waals surface area contributed by atoms with Gasteiger partial charge < -0.3 is 15.0 Å². The highest BCUT2D eigenvalue weighted by molar-refractivity contribution is 14.0. The van der Waals surface area contributed by atoms with Crippen molar-refractivity contribution in [3.63, 3.8) is 0 Å². The van der Waals surface area contributed by atoms with Crippen molar-refractivity contribution in [2.24, 2.45) is 18.0 Å². The van der Waals surface area contributed by atoms with Crippen LogP contribution in [0.15, 0.2) is 11.3 Å². The van der Waals surface area contributed by atoms with Crippen LogP contribution in [0.5, 0.6) is 0 Å². The van der Waals surface area contributed by atoms with Crippen molar-refractivity contribution in [3.05, 3.63) is 12.2 Å². The van der Waals surface area contributed by atoms with Gasteiger partial charge in [-0.25, -0.2) is 9.98 Å². The molecule has 2 aliphatic heterocycles. The first kappa shape index (κ1) is 20.4. The fourth-order valence-corrected chi connectivity index (χ4v) is 3.36. The van der Waals surface area contributed by atoms with Crippen molar-refractivity contribution < 1.29 is 4.74 Å². The predicted octanol–water partition coefficient (Wildman–Crippen LogP) is 0.553. The Balaban J connectivity index is 0.00000225. The molecule has 0 amide bonds. The number of likely N-dealkylation sites (tertiary alicyclic amines) is 1. The second-order valence-electron chi connectivity index (χ2n) is 6.48. The molecule has 0 saturated carbocycles. The first-order valence-electron chi connectivity index (χ1n) is 8.92. The van der Waals surface area contributed by atoms with Gasteiger partial charge in [0.05, 0.1) is 13.2 Å². The first-order chi connectivity index (χ1) is 11.8. The predicted molar refractivity (Wildman–Crippen MR) is 108 cm³/mol. The topological polar surface area (TPSA) is 70.8 Å². The van der Waals surface area contributed by atoms with E-state index in [0.29, 0.717) is 12.5 Å². The van der Waals surface area contributed by atoms with E-state index in [4.69, 9.17) is 9.73 Å². The smallest absolute Gasteiger partial charge is 0.194 e. The summed E-state index contributed by atoms with van der Waals surface area (Å²) in [6.45, 7) is 10.7. The molecule has 0 aromatic carbocycles. The third kappa shape index (κ3) is 5.78. The van der Waals surface area contributed by atoms with Crippen LogP contribution in [0.2, 0.25) is 0 Å². The molecule has 1 atom stereocenters. The van der Waals surface area contributed by atoms with E-state index in [1.165, 1.54) is 13.0 Å². The molecule has 0 radical (unpaired) electrons. The molecular weight excluding hydrogens is 433 g/mol. The van der Waals surface area contributed by atoms with E-state index in [-0.39, 0.29) is 24.0 Å². The Bertz CT molecular complexity index is 544. The normalized spacial score (nSPS) is 22.1. The molecule has 2 saturated heterocycles. The number of halogens is 1. The number of hydrogen-bond acceptors (Lipinski definition) is 5. The van der Waals surface area contributed by atoms with E-state index in [0.717, 1.165) is 57.7 Å². The maximum absolute atomic E-state index is 5.44.